The van der Waals surface area contributed by atoms with Crippen LogP contribution in [0.3, 0.4) is 0 Å². The lowest BCUT2D eigenvalue weighted by molar-refractivity contribution is -0.141. The number of nitrogens with zero attached hydrogens (tertiary/aromatic N) is 2. The normalized spacial score (nSPS) is 14.2. The van der Waals surface area contributed by atoms with Gasteiger partial charge in [0.05, 0.1) is 18.6 Å². The highest BCUT2D eigenvalue weighted by molar-refractivity contribution is 7.92. The Morgan fingerprint density at radius 1 is 0.977 bits per heavy atom. The molecule has 0 spiro atoms. The molecule has 0 radical (unpaired) electrons. The summed E-state index contributed by atoms with van der Waals surface area (Å²) in [6.45, 7) is 2.33. The van der Waals surface area contributed by atoms with Crippen molar-refractivity contribution in [3.05, 3.63) is 95.8 Å². The molecule has 1 N–H and O–H groups in total. The third kappa shape index (κ3) is 9.29. The van der Waals surface area contributed by atoms with Crippen LogP contribution in [0, 0.1) is 5.82 Å². The number of ether oxygens (including phenoxy) is 1. The summed E-state index contributed by atoms with van der Waals surface area (Å²) in [6.07, 6.45) is 5.42. The molecule has 0 aromatic heterocycles. The molecule has 1 fully saturated rings. The third-order valence-electron chi connectivity index (χ3n) is 7.86. The van der Waals surface area contributed by atoms with Crippen molar-refractivity contribution in [1.29, 1.82) is 0 Å². The van der Waals surface area contributed by atoms with Crippen molar-refractivity contribution in [2.75, 3.05) is 23.7 Å². The number of carbonyl (C=O) groups is 2. The first kappa shape index (κ1) is 33.0. The zero-order valence-corrected chi connectivity index (χ0v) is 26.3. The van der Waals surface area contributed by atoms with E-state index in [1.807, 2.05) is 37.3 Å². The number of hydrogen-bond donors (Lipinski definition) is 1. The predicted molar refractivity (Wildman–Crippen MR) is 170 cm³/mol. The number of rotatable bonds is 15. The molecule has 0 saturated heterocycles. The highest BCUT2D eigenvalue weighted by Crippen LogP contribution is 2.24. The Morgan fingerprint density at radius 2 is 1.64 bits per heavy atom. The fourth-order valence-electron chi connectivity index (χ4n) is 5.61. The molecule has 1 aliphatic carbocycles. The lowest BCUT2D eigenvalue weighted by Gasteiger charge is -2.33. The second-order valence-corrected chi connectivity index (χ2v) is 13.1. The van der Waals surface area contributed by atoms with Gasteiger partial charge in [-0.2, -0.15) is 0 Å². The summed E-state index contributed by atoms with van der Waals surface area (Å²) in [6, 6.07) is 21.6. The minimum atomic E-state index is -3.65. The molecule has 0 aliphatic heterocycles. The monoisotopic (exact) mass is 623 g/mol. The fraction of sp³-hybridized carbons (Fsp3) is 0.412. The van der Waals surface area contributed by atoms with Gasteiger partial charge in [-0.3, -0.25) is 13.9 Å². The van der Waals surface area contributed by atoms with Crippen LogP contribution in [0.4, 0.5) is 10.1 Å². The van der Waals surface area contributed by atoms with Crippen LogP contribution in [-0.2, 0) is 32.6 Å². The maximum absolute atomic E-state index is 14.9. The third-order valence-corrected chi connectivity index (χ3v) is 9.05. The van der Waals surface area contributed by atoms with Crippen LogP contribution in [0.5, 0.6) is 5.75 Å². The minimum absolute atomic E-state index is 0.0283. The van der Waals surface area contributed by atoms with E-state index in [2.05, 4.69) is 5.32 Å². The van der Waals surface area contributed by atoms with E-state index in [1.165, 1.54) is 15.3 Å². The van der Waals surface area contributed by atoms with Gasteiger partial charge in [-0.05, 0) is 62.1 Å². The number of amides is 2. The van der Waals surface area contributed by atoms with E-state index >= 15 is 0 Å². The van der Waals surface area contributed by atoms with Gasteiger partial charge in [-0.1, -0.05) is 61.4 Å². The van der Waals surface area contributed by atoms with Crippen LogP contribution >= 0.6 is 0 Å². The number of sulfonamides is 1. The summed E-state index contributed by atoms with van der Waals surface area (Å²) >= 11 is 0. The summed E-state index contributed by atoms with van der Waals surface area (Å²) in [4.78, 5) is 29.2. The Balaban J connectivity index is 1.57. The van der Waals surface area contributed by atoms with Gasteiger partial charge in [-0.25, -0.2) is 12.8 Å². The summed E-state index contributed by atoms with van der Waals surface area (Å²) in [5.41, 5.74) is 1.65. The highest BCUT2D eigenvalue weighted by Gasteiger charge is 2.32. The van der Waals surface area contributed by atoms with Crippen molar-refractivity contribution in [1.82, 2.24) is 10.2 Å². The van der Waals surface area contributed by atoms with Crippen molar-refractivity contribution in [2.24, 2.45) is 0 Å². The van der Waals surface area contributed by atoms with E-state index < -0.39 is 21.9 Å². The minimum Gasteiger partial charge on any atom is -0.494 e. The van der Waals surface area contributed by atoms with Crippen molar-refractivity contribution >= 4 is 27.5 Å². The van der Waals surface area contributed by atoms with E-state index in [9.17, 15) is 22.4 Å². The van der Waals surface area contributed by atoms with Crippen LogP contribution in [0.1, 0.15) is 56.6 Å². The zero-order chi connectivity index (χ0) is 31.5. The smallest absolute Gasteiger partial charge is 0.243 e. The number of anilines is 1. The second-order valence-electron chi connectivity index (χ2n) is 11.2. The first-order chi connectivity index (χ1) is 21.2. The van der Waals surface area contributed by atoms with E-state index in [1.54, 1.807) is 42.5 Å². The van der Waals surface area contributed by atoms with Gasteiger partial charge in [0.1, 0.15) is 17.6 Å². The van der Waals surface area contributed by atoms with Gasteiger partial charge < -0.3 is 15.0 Å². The van der Waals surface area contributed by atoms with E-state index in [4.69, 9.17) is 4.74 Å². The molecule has 3 aromatic carbocycles. The van der Waals surface area contributed by atoms with Gasteiger partial charge in [0.25, 0.3) is 0 Å². The van der Waals surface area contributed by atoms with Crippen LogP contribution in [-0.4, -0.2) is 56.6 Å². The summed E-state index contributed by atoms with van der Waals surface area (Å²) in [7, 11) is -3.65. The van der Waals surface area contributed by atoms with E-state index in [0.29, 0.717) is 23.6 Å². The molecule has 1 saturated carbocycles. The van der Waals surface area contributed by atoms with Crippen molar-refractivity contribution < 1.29 is 27.1 Å². The van der Waals surface area contributed by atoms with Gasteiger partial charge >= 0.3 is 0 Å². The van der Waals surface area contributed by atoms with Crippen molar-refractivity contribution in [2.45, 2.75) is 70.5 Å². The van der Waals surface area contributed by atoms with Gasteiger partial charge in [0.15, 0.2) is 0 Å². The second kappa shape index (κ2) is 15.7. The molecular formula is C34H42FN3O5S. The number of halogens is 1. The molecule has 0 bridgehead atoms. The van der Waals surface area contributed by atoms with Gasteiger partial charge in [0.2, 0.25) is 21.8 Å². The molecule has 1 atom stereocenters. The average Bonchev–Trinajstić information content (AvgIpc) is 3.51. The summed E-state index contributed by atoms with van der Waals surface area (Å²) in [5, 5.41) is 3.14. The van der Waals surface area contributed by atoms with Crippen LogP contribution < -0.4 is 14.4 Å². The quantitative estimate of drug-likeness (QED) is 0.242. The van der Waals surface area contributed by atoms with Crippen molar-refractivity contribution in [3.8, 4) is 5.75 Å². The Labute approximate surface area is 260 Å². The molecule has 4 rings (SSSR count). The summed E-state index contributed by atoms with van der Waals surface area (Å²) in [5.74, 6) is -0.448. The summed E-state index contributed by atoms with van der Waals surface area (Å²) < 4.78 is 47.0. The molecular weight excluding hydrogens is 581 g/mol. The highest BCUT2D eigenvalue weighted by atomic mass is 32.2. The van der Waals surface area contributed by atoms with Gasteiger partial charge in [-0.15, -0.1) is 0 Å². The van der Waals surface area contributed by atoms with Crippen LogP contribution in [0.15, 0.2) is 78.9 Å². The topological polar surface area (TPSA) is 96.0 Å². The molecule has 8 nitrogen and oxygen atoms in total. The Bertz CT molecular complexity index is 1480. The maximum Gasteiger partial charge on any atom is 0.243 e. The molecule has 2 amide bonds. The number of nitrogens with one attached hydrogen (secondary N) is 1. The first-order valence-electron chi connectivity index (χ1n) is 15.2. The Kier molecular flexibility index (Phi) is 11.8. The number of benzene rings is 3. The largest absolute Gasteiger partial charge is 0.494 e. The maximum atomic E-state index is 14.9. The molecule has 3 aromatic rings. The molecule has 236 valence electrons. The van der Waals surface area contributed by atoms with Crippen LogP contribution in [0.25, 0.3) is 0 Å². The number of hydrogen-bond acceptors (Lipinski definition) is 5. The van der Waals surface area contributed by atoms with Gasteiger partial charge in [0, 0.05) is 37.5 Å². The molecule has 10 heteroatoms. The zero-order valence-electron chi connectivity index (χ0n) is 25.5. The molecule has 1 unspecified atom stereocenters. The molecule has 1 aliphatic rings. The Hall–Kier alpha value is -3.92. The number of carbonyl (C=O) groups excluding carboxylic acids is 2. The van der Waals surface area contributed by atoms with E-state index in [-0.39, 0.29) is 50.2 Å². The first-order valence-corrected chi connectivity index (χ1v) is 17.1. The van der Waals surface area contributed by atoms with Crippen LogP contribution in [0.2, 0.25) is 0 Å². The fourth-order valence-corrected chi connectivity index (χ4v) is 6.58. The standard InChI is InChI=1S/C34H42FN3O5S/c1-3-43-30-21-19-29(20-22-30)38(44(2,41)42)23-11-18-33(39)37(25-27-14-7-10-17-31(27)35)32(24-26-12-5-4-6-13-26)34(40)36-28-15-8-9-16-28/h4-7,10,12-14,17,19-22,28,32H,3,8-9,11,15-16,18,23-25H2,1-2H3,(H,36,40). The van der Waals surface area contributed by atoms with Crippen molar-refractivity contribution in [3.63, 3.8) is 0 Å². The molecule has 0 heterocycles. The lowest BCUT2D eigenvalue weighted by Crippen LogP contribution is -2.52. The van der Waals surface area contributed by atoms with E-state index in [0.717, 1.165) is 37.5 Å². The predicted octanol–water partition coefficient (Wildman–Crippen LogP) is 5.47. The molecule has 44 heavy (non-hydrogen) atoms. The Morgan fingerprint density at radius 3 is 2.27 bits per heavy atom. The SMILES string of the molecule is CCOc1ccc(N(CCCC(=O)N(Cc2ccccc2F)C(Cc2ccccc2)C(=O)NC2CCCC2)S(C)(=O)=O)cc1. The average molecular weight is 624 g/mol. The lowest BCUT2D eigenvalue weighted by atomic mass is 10.0.